The average molecular weight is 418 g/mol. The van der Waals surface area contributed by atoms with E-state index < -0.39 is 5.60 Å². The molecule has 1 fully saturated rings. The van der Waals surface area contributed by atoms with Gasteiger partial charge in [0, 0.05) is 18.0 Å². The summed E-state index contributed by atoms with van der Waals surface area (Å²) in [4.78, 5) is 26.7. The zero-order valence-electron chi connectivity index (χ0n) is 14.6. The molecule has 5 nitrogen and oxygen atoms in total. The molecule has 7 heteroatoms. The van der Waals surface area contributed by atoms with Gasteiger partial charge in [-0.05, 0) is 67.9 Å². The number of thiophene rings is 1. The molecule has 0 bridgehead atoms. The van der Waals surface area contributed by atoms with Crippen LogP contribution in [0.15, 0.2) is 9.85 Å². The molecule has 24 heavy (non-hydrogen) atoms. The summed E-state index contributed by atoms with van der Waals surface area (Å²) in [7, 11) is 1.39. The summed E-state index contributed by atoms with van der Waals surface area (Å²) in [6, 6.07) is 1.90. The van der Waals surface area contributed by atoms with Crippen LogP contribution in [-0.2, 0) is 15.9 Å². The van der Waals surface area contributed by atoms with Crippen LogP contribution in [-0.4, -0.2) is 42.8 Å². The van der Waals surface area contributed by atoms with Crippen LogP contribution in [0, 0.1) is 5.92 Å². The normalized spacial score (nSPS) is 16.1. The van der Waals surface area contributed by atoms with Crippen LogP contribution >= 0.6 is 27.3 Å². The maximum Gasteiger partial charge on any atom is 0.410 e. The fourth-order valence-electron chi connectivity index (χ4n) is 2.70. The summed E-state index contributed by atoms with van der Waals surface area (Å²) in [5.41, 5.74) is 0.130. The number of halogens is 1. The van der Waals surface area contributed by atoms with Gasteiger partial charge in [-0.2, -0.15) is 0 Å². The van der Waals surface area contributed by atoms with Gasteiger partial charge in [-0.3, -0.25) is 0 Å². The van der Waals surface area contributed by atoms with E-state index in [0.29, 0.717) is 11.5 Å². The van der Waals surface area contributed by atoms with E-state index >= 15 is 0 Å². The SMILES string of the molecule is COC(=O)c1cc(CC2CCN(C(=O)OC(C)(C)C)CC2)sc1Br. The first-order valence-electron chi connectivity index (χ1n) is 8.04. The molecule has 0 spiro atoms. The topological polar surface area (TPSA) is 55.8 Å². The first kappa shape index (κ1) is 19.2. The lowest BCUT2D eigenvalue weighted by Crippen LogP contribution is -2.42. The third kappa shape index (κ3) is 5.21. The van der Waals surface area contributed by atoms with Gasteiger partial charge in [0.05, 0.1) is 16.5 Å². The van der Waals surface area contributed by atoms with Gasteiger partial charge in [-0.25, -0.2) is 9.59 Å². The van der Waals surface area contributed by atoms with E-state index in [1.54, 1.807) is 16.2 Å². The maximum absolute atomic E-state index is 12.1. The Labute approximate surface area is 155 Å². The molecule has 1 saturated heterocycles. The second-order valence-electron chi connectivity index (χ2n) is 7.01. The van der Waals surface area contributed by atoms with Gasteiger partial charge in [0.1, 0.15) is 5.60 Å². The number of hydrogen-bond acceptors (Lipinski definition) is 5. The van der Waals surface area contributed by atoms with Gasteiger partial charge in [-0.1, -0.05) is 0 Å². The Morgan fingerprint density at radius 3 is 2.50 bits per heavy atom. The molecule has 1 aromatic rings. The third-order valence-electron chi connectivity index (χ3n) is 3.90. The number of hydrogen-bond donors (Lipinski definition) is 0. The maximum atomic E-state index is 12.1. The van der Waals surface area contributed by atoms with Crippen LogP contribution in [0.2, 0.25) is 0 Å². The molecule has 0 saturated carbocycles. The van der Waals surface area contributed by atoms with Crippen molar-refractivity contribution >= 4 is 39.3 Å². The highest BCUT2D eigenvalue weighted by Crippen LogP contribution is 2.32. The number of carbonyl (C=O) groups excluding carboxylic acids is 2. The van der Waals surface area contributed by atoms with E-state index in [1.807, 2.05) is 26.8 Å². The van der Waals surface area contributed by atoms with Crippen molar-refractivity contribution in [3.8, 4) is 0 Å². The van der Waals surface area contributed by atoms with Gasteiger partial charge < -0.3 is 14.4 Å². The summed E-state index contributed by atoms with van der Waals surface area (Å²) in [5, 5.41) is 0. The zero-order valence-corrected chi connectivity index (χ0v) is 17.0. The zero-order chi connectivity index (χ0) is 17.9. The smallest absolute Gasteiger partial charge is 0.410 e. The van der Waals surface area contributed by atoms with E-state index in [1.165, 1.54) is 7.11 Å². The Morgan fingerprint density at radius 1 is 1.33 bits per heavy atom. The van der Waals surface area contributed by atoms with E-state index in [0.717, 1.165) is 41.0 Å². The van der Waals surface area contributed by atoms with Crippen LogP contribution in [0.25, 0.3) is 0 Å². The number of amides is 1. The van der Waals surface area contributed by atoms with E-state index in [9.17, 15) is 9.59 Å². The number of methoxy groups -OCH3 is 1. The summed E-state index contributed by atoms with van der Waals surface area (Å²) in [5.74, 6) is 0.198. The van der Waals surface area contributed by atoms with Crippen LogP contribution in [0.4, 0.5) is 4.79 Å². The minimum Gasteiger partial charge on any atom is -0.465 e. The van der Waals surface area contributed by atoms with Crippen molar-refractivity contribution in [1.29, 1.82) is 0 Å². The van der Waals surface area contributed by atoms with Crippen LogP contribution < -0.4 is 0 Å². The van der Waals surface area contributed by atoms with Crippen molar-refractivity contribution in [2.45, 2.75) is 45.6 Å². The molecule has 0 unspecified atom stereocenters. The lowest BCUT2D eigenvalue weighted by Gasteiger charge is -2.33. The molecule has 134 valence electrons. The van der Waals surface area contributed by atoms with Gasteiger partial charge in [0.25, 0.3) is 0 Å². The van der Waals surface area contributed by atoms with E-state index in [2.05, 4.69) is 15.9 Å². The molecule has 0 radical (unpaired) electrons. The molecule has 2 heterocycles. The predicted molar refractivity (Wildman–Crippen MR) is 97.6 cm³/mol. The first-order chi connectivity index (χ1) is 11.2. The number of ether oxygens (including phenoxy) is 2. The van der Waals surface area contributed by atoms with Crippen molar-refractivity contribution in [1.82, 2.24) is 4.90 Å². The second kappa shape index (κ2) is 7.87. The van der Waals surface area contributed by atoms with Crippen molar-refractivity contribution in [2.24, 2.45) is 5.92 Å². The monoisotopic (exact) mass is 417 g/mol. The Balaban J connectivity index is 1.87. The molecule has 0 aromatic carbocycles. The Hall–Kier alpha value is -1.08. The highest BCUT2D eigenvalue weighted by molar-refractivity contribution is 9.11. The molecule has 2 rings (SSSR count). The molecule has 1 aromatic heterocycles. The molecule has 0 N–H and O–H groups in total. The fourth-order valence-corrected chi connectivity index (χ4v) is 4.58. The van der Waals surface area contributed by atoms with Crippen LogP contribution in [0.3, 0.4) is 0 Å². The number of likely N-dealkylation sites (tertiary alicyclic amines) is 1. The van der Waals surface area contributed by atoms with Gasteiger partial charge in [-0.15, -0.1) is 11.3 Å². The standard InChI is InChI=1S/C17H24BrNO4S/c1-17(2,3)23-16(21)19-7-5-11(6-8-19)9-12-10-13(14(18)24-12)15(20)22-4/h10-11H,5-9H2,1-4H3. The number of esters is 1. The molecule has 0 aliphatic carbocycles. The highest BCUT2D eigenvalue weighted by Gasteiger charge is 2.27. The Morgan fingerprint density at radius 2 is 1.96 bits per heavy atom. The van der Waals surface area contributed by atoms with Crippen molar-refractivity contribution in [3.05, 3.63) is 20.3 Å². The van der Waals surface area contributed by atoms with Gasteiger partial charge >= 0.3 is 12.1 Å². The fraction of sp³-hybridized carbons (Fsp3) is 0.647. The number of carbonyl (C=O) groups is 2. The van der Waals surface area contributed by atoms with Crippen LogP contribution in [0.5, 0.6) is 0 Å². The summed E-state index contributed by atoms with van der Waals surface area (Å²) < 4.78 is 11.0. The van der Waals surface area contributed by atoms with Crippen molar-refractivity contribution in [3.63, 3.8) is 0 Å². The molecule has 0 atom stereocenters. The Kier molecular flexibility index (Phi) is 6.31. The van der Waals surface area contributed by atoms with Crippen LogP contribution in [0.1, 0.15) is 48.8 Å². The number of rotatable bonds is 3. The molecule has 1 aliphatic rings. The van der Waals surface area contributed by atoms with E-state index in [-0.39, 0.29) is 12.1 Å². The molecular weight excluding hydrogens is 394 g/mol. The van der Waals surface area contributed by atoms with Crippen molar-refractivity contribution < 1.29 is 19.1 Å². The largest absolute Gasteiger partial charge is 0.465 e. The minimum absolute atomic E-state index is 0.229. The Bertz CT molecular complexity index is 600. The van der Waals surface area contributed by atoms with Crippen molar-refractivity contribution in [2.75, 3.05) is 20.2 Å². The predicted octanol–water partition coefficient (Wildman–Crippen LogP) is 4.49. The quantitative estimate of drug-likeness (QED) is 0.679. The average Bonchev–Trinajstić information content (AvgIpc) is 2.86. The number of piperidine rings is 1. The minimum atomic E-state index is -0.457. The lowest BCUT2D eigenvalue weighted by molar-refractivity contribution is 0.0184. The molecule has 1 aliphatic heterocycles. The summed E-state index contributed by atoms with van der Waals surface area (Å²) >= 11 is 5.01. The lowest BCUT2D eigenvalue weighted by atomic mass is 9.93. The molecular formula is C17H24BrNO4S. The third-order valence-corrected chi connectivity index (χ3v) is 5.76. The second-order valence-corrected chi connectivity index (χ2v) is 9.46. The van der Waals surface area contributed by atoms with Gasteiger partial charge in [0.15, 0.2) is 0 Å². The summed E-state index contributed by atoms with van der Waals surface area (Å²) in [6.07, 6.45) is 2.58. The molecule has 1 amide bonds. The summed E-state index contributed by atoms with van der Waals surface area (Å²) in [6.45, 7) is 7.08. The van der Waals surface area contributed by atoms with E-state index in [4.69, 9.17) is 9.47 Å². The first-order valence-corrected chi connectivity index (χ1v) is 9.65. The van der Waals surface area contributed by atoms with Gasteiger partial charge in [0.2, 0.25) is 0 Å². The number of nitrogens with zero attached hydrogens (tertiary/aromatic N) is 1. The highest BCUT2D eigenvalue weighted by atomic mass is 79.9.